The summed E-state index contributed by atoms with van der Waals surface area (Å²) in [5.41, 5.74) is -2.64. The third-order valence-corrected chi connectivity index (χ3v) is 5.53. The number of carbonyl (C=O) groups excluding carboxylic acids is 1. The first-order chi connectivity index (χ1) is 15.6. The van der Waals surface area contributed by atoms with Crippen LogP contribution in [0.1, 0.15) is 59.5 Å². The van der Waals surface area contributed by atoms with Gasteiger partial charge in [-0.2, -0.15) is 17.9 Å². The standard InChI is InChI=1S/C21H19F5N6O/c1-12(17-29-11-32(31-17)19-27-6-3-7-28-19)30-18(33)13-8-15(10-16(9-13)21(24,25)26)20(22,23)14-4-2-5-14/h3,6-12,14H,2,4-5H2,1H3,(H,30,33). The Bertz CT molecular complexity index is 1140. The fraction of sp³-hybridized carbons (Fsp3) is 0.381. The smallest absolute Gasteiger partial charge is 0.342 e. The lowest BCUT2D eigenvalue weighted by Crippen LogP contribution is -2.32. The van der Waals surface area contributed by atoms with Crippen LogP contribution in [0.4, 0.5) is 22.0 Å². The Morgan fingerprint density at radius 1 is 1.06 bits per heavy atom. The molecule has 1 atom stereocenters. The molecule has 4 rings (SSSR count). The van der Waals surface area contributed by atoms with Crippen molar-refractivity contribution in [2.24, 2.45) is 5.92 Å². The fourth-order valence-corrected chi connectivity index (χ4v) is 3.45. The van der Waals surface area contributed by atoms with Crippen molar-refractivity contribution in [1.29, 1.82) is 0 Å². The molecule has 3 aromatic rings. The molecular weight excluding hydrogens is 447 g/mol. The maximum absolute atomic E-state index is 14.8. The first-order valence-electron chi connectivity index (χ1n) is 10.2. The van der Waals surface area contributed by atoms with Gasteiger partial charge in [-0.05, 0) is 44.0 Å². The first-order valence-corrected chi connectivity index (χ1v) is 10.2. The van der Waals surface area contributed by atoms with Crippen LogP contribution in [0.25, 0.3) is 5.95 Å². The summed E-state index contributed by atoms with van der Waals surface area (Å²) in [6.07, 6.45) is 0.469. The zero-order chi connectivity index (χ0) is 23.8. The van der Waals surface area contributed by atoms with E-state index in [2.05, 4.69) is 25.4 Å². The molecule has 1 aromatic carbocycles. The summed E-state index contributed by atoms with van der Waals surface area (Å²) < 4.78 is 70.9. The van der Waals surface area contributed by atoms with Gasteiger partial charge in [-0.3, -0.25) is 4.79 Å². The van der Waals surface area contributed by atoms with E-state index in [1.54, 1.807) is 6.07 Å². The molecule has 0 saturated heterocycles. The molecule has 33 heavy (non-hydrogen) atoms. The number of aromatic nitrogens is 5. The number of benzene rings is 1. The van der Waals surface area contributed by atoms with E-state index < -0.39 is 46.7 Å². The highest BCUT2D eigenvalue weighted by Gasteiger charge is 2.46. The predicted octanol–water partition coefficient (Wildman–Crippen LogP) is 4.46. The van der Waals surface area contributed by atoms with Crippen LogP contribution in [0.5, 0.6) is 0 Å². The predicted molar refractivity (Wildman–Crippen MR) is 106 cm³/mol. The molecule has 1 aliphatic carbocycles. The Morgan fingerprint density at radius 3 is 2.33 bits per heavy atom. The lowest BCUT2D eigenvalue weighted by Gasteiger charge is -2.34. The molecule has 7 nitrogen and oxygen atoms in total. The summed E-state index contributed by atoms with van der Waals surface area (Å²) in [5, 5.41) is 6.61. The average Bonchev–Trinajstić information content (AvgIpc) is 3.22. The summed E-state index contributed by atoms with van der Waals surface area (Å²) in [4.78, 5) is 24.8. The number of alkyl halides is 5. The van der Waals surface area contributed by atoms with Crippen LogP contribution in [0.2, 0.25) is 0 Å². The van der Waals surface area contributed by atoms with Gasteiger partial charge in [0.2, 0.25) is 0 Å². The monoisotopic (exact) mass is 466 g/mol. The van der Waals surface area contributed by atoms with E-state index in [9.17, 15) is 26.7 Å². The van der Waals surface area contributed by atoms with E-state index in [-0.39, 0.29) is 24.6 Å². The topological polar surface area (TPSA) is 85.6 Å². The normalized spacial score (nSPS) is 15.7. The van der Waals surface area contributed by atoms with Crippen LogP contribution in [0.3, 0.4) is 0 Å². The highest BCUT2D eigenvalue weighted by Crippen LogP contribution is 2.47. The quantitative estimate of drug-likeness (QED) is 0.543. The summed E-state index contributed by atoms with van der Waals surface area (Å²) in [5.74, 6) is -5.08. The van der Waals surface area contributed by atoms with Crippen molar-refractivity contribution in [3.8, 4) is 5.95 Å². The number of hydrogen-bond donors (Lipinski definition) is 1. The second-order valence-electron chi connectivity index (χ2n) is 7.84. The summed E-state index contributed by atoms with van der Waals surface area (Å²) in [6, 6.07) is 2.59. The highest BCUT2D eigenvalue weighted by atomic mass is 19.4. The number of halogens is 5. The van der Waals surface area contributed by atoms with E-state index in [0.29, 0.717) is 18.6 Å². The van der Waals surface area contributed by atoms with E-state index in [0.717, 1.165) is 6.07 Å². The molecule has 0 bridgehead atoms. The van der Waals surface area contributed by atoms with Crippen LogP contribution in [0, 0.1) is 5.92 Å². The second-order valence-corrected chi connectivity index (χ2v) is 7.84. The maximum atomic E-state index is 14.8. The molecule has 0 spiro atoms. The van der Waals surface area contributed by atoms with Crippen molar-refractivity contribution in [2.75, 3.05) is 0 Å². The third-order valence-electron chi connectivity index (χ3n) is 5.53. The molecule has 1 amide bonds. The van der Waals surface area contributed by atoms with Crippen LogP contribution in [-0.2, 0) is 12.1 Å². The van der Waals surface area contributed by atoms with E-state index >= 15 is 0 Å². The molecule has 0 radical (unpaired) electrons. The Kier molecular flexibility index (Phi) is 5.85. The van der Waals surface area contributed by atoms with Crippen molar-refractivity contribution in [3.63, 3.8) is 0 Å². The zero-order valence-corrected chi connectivity index (χ0v) is 17.4. The molecule has 0 aliphatic heterocycles. The summed E-state index contributed by atoms with van der Waals surface area (Å²) in [7, 11) is 0. The number of nitrogens with one attached hydrogen (secondary N) is 1. The number of nitrogens with zero attached hydrogens (tertiary/aromatic N) is 5. The molecule has 1 unspecified atom stereocenters. The van der Waals surface area contributed by atoms with Crippen molar-refractivity contribution in [1.82, 2.24) is 30.0 Å². The second kappa shape index (κ2) is 8.49. The van der Waals surface area contributed by atoms with Gasteiger partial charge in [0.15, 0.2) is 5.82 Å². The molecule has 1 saturated carbocycles. The van der Waals surface area contributed by atoms with Gasteiger partial charge in [0.25, 0.3) is 17.8 Å². The van der Waals surface area contributed by atoms with Crippen LogP contribution < -0.4 is 5.32 Å². The average molecular weight is 466 g/mol. The third kappa shape index (κ3) is 4.69. The number of amides is 1. The van der Waals surface area contributed by atoms with E-state index in [1.165, 1.54) is 30.3 Å². The minimum absolute atomic E-state index is 0.141. The highest BCUT2D eigenvalue weighted by molar-refractivity contribution is 5.94. The summed E-state index contributed by atoms with van der Waals surface area (Å²) in [6.45, 7) is 1.51. The Morgan fingerprint density at radius 2 is 1.73 bits per heavy atom. The molecule has 2 heterocycles. The Hall–Kier alpha value is -3.44. The molecule has 12 heteroatoms. The van der Waals surface area contributed by atoms with Gasteiger partial charge >= 0.3 is 6.18 Å². The number of carbonyl (C=O) groups is 1. The van der Waals surface area contributed by atoms with Crippen LogP contribution in [0.15, 0.2) is 43.0 Å². The molecule has 174 valence electrons. The largest absolute Gasteiger partial charge is 0.416 e. The minimum atomic E-state index is -4.89. The molecular formula is C21H19F5N6O. The van der Waals surface area contributed by atoms with Crippen LogP contribution in [-0.4, -0.2) is 30.6 Å². The van der Waals surface area contributed by atoms with Gasteiger partial charge in [0, 0.05) is 29.4 Å². The molecule has 1 fully saturated rings. The van der Waals surface area contributed by atoms with Gasteiger partial charge in [0.05, 0.1) is 11.6 Å². The van der Waals surface area contributed by atoms with Crippen molar-refractivity contribution in [3.05, 3.63) is 65.5 Å². The van der Waals surface area contributed by atoms with E-state index in [1.807, 2.05) is 0 Å². The van der Waals surface area contributed by atoms with Gasteiger partial charge in [-0.25, -0.2) is 23.7 Å². The van der Waals surface area contributed by atoms with E-state index in [4.69, 9.17) is 0 Å². The van der Waals surface area contributed by atoms with Crippen molar-refractivity contribution in [2.45, 2.75) is 44.3 Å². The van der Waals surface area contributed by atoms with Gasteiger partial charge < -0.3 is 5.32 Å². The lowest BCUT2D eigenvalue weighted by atomic mass is 9.77. The van der Waals surface area contributed by atoms with Gasteiger partial charge in [-0.15, -0.1) is 5.10 Å². The van der Waals surface area contributed by atoms with Crippen LogP contribution >= 0.6 is 0 Å². The fourth-order valence-electron chi connectivity index (χ4n) is 3.45. The minimum Gasteiger partial charge on any atom is -0.342 e. The molecule has 1 N–H and O–H groups in total. The van der Waals surface area contributed by atoms with Crippen molar-refractivity contribution < 1.29 is 26.7 Å². The van der Waals surface area contributed by atoms with Gasteiger partial charge in [0.1, 0.15) is 6.33 Å². The Labute approximate surface area is 185 Å². The maximum Gasteiger partial charge on any atom is 0.416 e. The summed E-state index contributed by atoms with van der Waals surface area (Å²) >= 11 is 0. The van der Waals surface area contributed by atoms with Gasteiger partial charge in [-0.1, -0.05) is 6.42 Å². The lowest BCUT2D eigenvalue weighted by molar-refractivity contribution is -0.138. The molecule has 2 aromatic heterocycles. The Balaban J connectivity index is 1.58. The molecule has 1 aliphatic rings. The van der Waals surface area contributed by atoms with Crippen molar-refractivity contribution >= 4 is 5.91 Å². The zero-order valence-electron chi connectivity index (χ0n) is 17.4. The first kappa shape index (κ1) is 22.7. The number of hydrogen-bond acceptors (Lipinski definition) is 5. The number of rotatable bonds is 6. The SMILES string of the molecule is CC(NC(=O)c1cc(C(F)(F)F)cc(C(F)(F)C2CCC2)c1)c1ncn(-c2ncccn2)n1.